The molecule has 0 atom stereocenters. The molecule has 1 N–H and O–H groups in total. The topological polar surface area (TPSA) is 37.3 Å². The first-order chi connectivity index (χ1) is 6.59. The predicted molar refractivity (Wildman–Crippen MR) is 56.4 cm³/mol. The molecule has 1 aromatic heterocycles. The Balaban J connectivity index is 2.88. The van der Waals surface area contributed by atoms with Gasteiger partial charge in [0.25, 0.3) is 0 Å². The van der Waals surface area contributed by atoms with Crippen LogP contribution in [0.15, 0.2) is 22.0 Å². The zero-order valence-corrected chi connectivity index (χ0v) is 9.15. The fourth-order valence-electron chi connectivity index (χ4n) is 1.23. The van der Waals surface area contributed by atoms with E-state index in [0.717, 1.165) is 10.5 Å². The predicted octanol–water partition coefficient (Wildman–Crippen LogP) is 3.50. The Bertz CT molecular complexity index is 521. The molecular weight excluding hydrogens is 271 g/mol. The average Bonchev–Trinajstić information content (AvgIpc) is 2.47. The molecule has 2 aromatic rings. The summed E-state index contributed by atoms with van der Waals surface area (Å²) in [6.45, 7) is 0. The van der Waals surface area contributed by atoms with Gasteiger partial charge < -0.3 is 5.11 Å². The van der Waals surface area contributed by atoms with Crippen molar-refractivity contribution in [3.8, 4) is 0 Å². The molecule has 14 heavy (non-hydrogen) atoms. The van der Waals surface area contributed by atoms with Crippen molar-refractivity contribution in [2.24, 2.45) is 0 Å². The molecule has 1 aromatic carbocycles. The van der Waals surface area contributed by atoms with E-state index in [2.05, 4.69) is 15.9 Å². The molecule has 0 spiro atoms. The van der Waals surface area contributed by atoms with Crippen molar-refractivity contribution in [2.45, 2.75) is 0 Å². The molecule has 2 nitrogen and oxygen atoms in total. The molecule has 0 aliphatic rings. The summed E-state index contributed by atoms with van der Waals surface area (Å²) < 4.78 is 14.3. The van der Waals surface area contributed by atoms with E-state index in [1.165, 1.54) is 17.4 Å². The summed E-state index contributed by atoms with van der Waals surface area (Å²) in [4.78, 5) is 10.8. The van der Waals surface area contributed by atoms with Crippen molar-refractivity contribution in [1.29, 1.82) is 0 Å². The quantitative estimate of drug-likeness (QED) is 0.864. The van der Waals surface area contributed by atoms with E-state index < -0.39 is 11.8 Å². The van der Waals surface area contributed by atoms with Gasteiger partial charge >= 0.3 is 5.97 Å². The monoisotopic (exact) mass is 274 g/mol. The van der Waals surface area contributed by atoms with E-state index in [1.807, 2.05) is 0 Å². The molecular formula is C9H4BrFO2S. The second-order valence-electron chi connectivity index (χ2n) is 2.72. The van der Waals surface area contributed by atoms with Gasteiger partial charge in [0.1, 0.15) is 5.82 Å². The van der Waals surface area contributed by atoms with Gasteiger partial charge in [-0.3, -0.25) is 0 Å². The number of hydrogen-bond donors (Lipinski definition) is 1. The van der Waals surface area contributed by atoms with Gasteiger partial charge in [-0.05, 0) is 28.1 Å². The van der Waals surface area contributed by atoms with Crippen LogP contribution in [0, 0.1) is 5.82 Å². The van der Waals surface area contributed by atoms with Crippen LogP contribution in [0.3, 0.4) is 0 Å². The molecule has 0 unspecified atom stereocenters. The Kier molecular flexibility index (Phi) is 2.28. The second kappa shape index (κ2) is 3.33. The van der Waals surface area contributed by atoms with Gasteiger partial charge in [0.15, 0.2) is 0 Å². The van der Waals surface area contributed by atoms with Gasteiger partial charge in [0, 0.05) is 15.2 Å². The summed E-state index contributed by atoms with van der Waals surface area (Å²) in [5.41, 5.74) is 0.00991. The van der Waals surface area contributed by atoms with Gasteiger partial charge in [-0.25, -0.2) is 9.18 Å². The Morgan fingerprint density at radius 2 is 2.21 bits per heavy atom. The van der Waals surface area contributed by atoms with Crippen LogP contribution in [0.2, 0.25) is 0 Å². The molecule has 0 radical (unpaired) electrons. The molecule has 0 fully saturated rings. The minimum atomic E-state index is -1.11. The maximum Gasteiger partial charge on any atom is 0.337 e. The number of benzene rings is 1. The molecule has 1 heterocycles. The third-order valence-electron chi connectivity index (χ3n) is 1.82. The first kappa shape index (κ1) is 9.61. The highest BCUT2D eigenvalue weighted by molar-refractivity contribution is 9.10. The van der Waals surface area contributed by atoms with Crippen LogP contribution in [0.1, 0.15) is 10.4 Å². The average molecular weight is 275 g/mol. The molecule has 0 saturated carbocycles. The highest BCUT2D eigenvalue weighted by atomic mass is 79.9. The number of rotatable bonds is 1. The third-order valence-corrected chi connectivity index (χ3v) is 3.81. The lowest BCUT2D eigenvalue weighted by Crippen LogP contribution is -1.96. The number of carbonyl (C=O) groups is 1. The summed E-state index contributed by atoms with van der Waals surface area (Å²) in [6, 6.07) is 2.36. The standard InChI is InChI=1S/C9H4BrFO2S/c10-7-3-14-8-5(7)1-4(11)2-6(8)9(12)13/h1-3H,(H,12,13). The highest BCUT2D eigenvalue weighted by Gasteiger charge is 2.13. The van der Waals surface area contributed by atoms with E-state index in [4.69, 9.17) is 5.11 Å². The SMILES string of the molecule is O=C(O)c1cc(F)cc2c(Br)csc12. The number of hydrogen-bond acceptors (Lipinski definition) is 2. The van der Waals surface area contributed by atoms with E-state index in [9.17, 15) is 9.18 Å². The molecule has 0 bridgehead atoms. The van der Waals surface area contributed by atoms with Crippen LogP contribution in [0.4, 0.5) is 4.39 Å². The van der Waals surface area contributed by atoms with E-state index >= 15 is 0 Å². The van der Waals surface area contributed by atoms with Crippen LogP contribution in [-0.4, -0.2) is 11.1 Å². The summed E-state index contributed by atoms with van der Waals surface area (Å²) in [6.07, 6.45) is 0. The number of fused-ring (bicyclic) bond motifs is 1. The Labute approximate surface area is 91.1 Å². The van der Waals surface area contributed by atoms with E-state index in [1.54, 1.807) is 5.38 Å². The third kappa shape index (κ3) is 1.42. The summed E-state index contributed by atoms with van der Waals surface area (Å²) in [5, 5.41) is 11.2. The number of carboxylic acids is 1. The molecule has 5 heteroatoms. The number of aromatic carboxylic acids is 1. The van der Waals surface area contributed by atoms with Gasteiger partial charge in [-0.2, -0.15) is 0 Å². The van der Waals surface area contributed by atoms with Crippen LogP contribution < -0.4 is 0 Å². The smallest absolute Gasteiger partial charge is 0.337 e. The summed E-state index contributed by atoms with van der Waals surface area (Å²) in [5.74, 6) is -1.64. The number of halogens is 2. The lowest BCUT2D eigenvalue weighted by Gasteiger charge is -1.97. The van der Waals surface area contributed by atoms with E-state index in [0.29, 0.717) is 10.1 Å². The van der Waals surface area contributed by atoms with E-state index in [-0.39, 0.29) is 5.56 Å². The largest absolute Gasteiger partial charge is 0.478 e. The van der Waals surface area contributed by atoms with Crippen molar-refractivity contribution < 1.29 is 14.3 Å². The van der Waals surface area contributed by atoms with Gasteiger partial charge in [0.2, 0.25) is 0 Å². The van der Waals surface area contributed by atoms with Crippen LogP contribution in [-0.2, 0) is 0 Å². The van der Waals surface area contributed by atoms with Crippen molar-refractivity contribution >= 4 is 43.3 Å². The molecule has 2 rings (SSSR count). The van der Waals surface area contributed by atoms with Crippen molar-refractivity contribution in [1.82, 2.24) is 0 Å². The molecule has 72 valence electrons. The van der Waals surface area contributed by atoms with Gasteiger partial charge in [0.05, 0.1) is 10.3 Å². The van der Waals surface area contributed by atoms with Crippen molar-refractivity contribution in [3.05, 3.63) is 33.4 Å². The lowest BCUT2D eigenvalue weighted by atomic mass is 10.1. The minimum absolute atomic E-state index is 0.00991. The highest BCUT2D eigenvalue weighted by Crippen LogP contribution is 2.33. The maximum absolute atomic E-state index is 13.0. The van der Waals surface area contributed by atoms with Crippen LogP contribution >= 0.6 is 27.3 Å². The van der Waals surface area contributed by atoms with Gasteiger partial charge in [-0.15, -0.1) is 11.3 Å². The zero-order chi connectivity index (χ0) is 10.3. The van der Waals surface area contributed by atoms with Crippen molar-refractivity contribution in [3.63, 3.8) is 0 Å². The Morgan fingerprint density at radius 1 is 1.50 bits per heavy atom. The first-order valence-electron chi connectivity index (χ1n) is 3.69. The Hall–Kier alpha value is -0.940. The van der Waals surface area contributed by atoms with Crippen LogP contribution in [0.5, 0.6) is 0 Å². The van der Waals surface area contributed by atoms with Crippen LogP contribution in [0.25, 0.3) is 10.1 Å². The molecule has 0 saturated heterocycles. The fraction of sp³-hybridized carbons (Fsp3) is 0. The summed E-state index contributed by atoms with van der Waals surface area (Å²) in [7, 11) is 0. The normalized spacial score (nSPS) is 10.7. The second-order valence-corrected chi connectivity index (χ2v) is 4.45. The zero-order valence-electron chi connectivity index (χ0n) is 6.75. The first-order valence-corrected chi connectivity index (χ1v) is 5.36. The Morgan fingerprint density at radius 3 is 2.86 bits per heavy atom. The number of carboxylic acid groups (broad SMARTS) is 1. The van der Waals surface area contributed by atoms with Gasteiger partial charge in [-0.1, -0.05) is 0 Å². The molecule has 0 aliphatic carbocycles. The van der Waals surface area contributed by atoms with Crippen molar-refractivity contribution in [2.75, 3.05) is 0 Å². The fourth-order valence-corrected chi connectivity index (χ4v) is 2.87. The number of thiophene rings is 1. The molecule has 0 amide bonds. The lowest BCUT2D eigenvalue weighted by molar-refractivity contribution is 0.0698. The molecule has 0 aliphatic heterocycles. The minimum Gasteiger partial charge on any atom is -0.478 e. The summed E-state index contributed by atoms with van der Waals surface area (Å²) >= 11 is 4.52. The maximum atomic E-state index is 13.0.